The summed E-state index contributed by atoms with van der Waals surface area (Å²) in [5.41, 5.74) is 3.39. The quantitative estimate of drug-likeness (QED) is 0.562. The van der Waals surface area contributed by atoms with Gasteiger partial charge in [-0.15, -0.1) is 0 Å². The molecule has 0 saturated carbocycles. The maximum atomic E-state index is 13.2. The van der Waals surface area contributed by atoms with Gasteiger partial charge in [-0.25, -0.2) is 0 Å². The van der Waals surface area contributed by atoms with Gasteiger partial charge in [0.05, 0.1) is 6.04 Å². The standard InChI is InChI=1S/C26H35N3O3/c1-6-7-13-19(24(31)27-17(3)18-11-9-8-10-12-18)29-25(32)23-16(2)22-20(28-23)14-26(4,5)15-21(22)30/h8-12,17,19,28H,6-7,13-15H2,1-5H3,(H,27,31)(H,29,32)/t17-,19+/m0/s1. The van der Waals surface area contributed by atoms with Gasteiger partial charge in [-0.3, -0.25) is 14.4 Å². The van der Waals surface area contributed by atoms with Crippen LogP contribution in [0.1, 0.15) is 97.1 Å². The van der Waals surface area contributed by atoms with E-state index in [2.05, 4.69) is 36.4 Å². The molecule has 0 bridgehead atoms. The number of benzene rings is 1. The molecular weight excluding hydrogens is 402 g/mol. The van der Waals surface area contributed by atoms with E-state index in [-0.39, 0.29) is 29.1 Å². The number of aromatic amines is 1. The van der Waals surface area contributed by atoms with Gasteiger partial charge >= 0.3 is 0 Å². The van der Waals surface area contributed by atoms with Gasteiger partial charge in [0, 0.05) is 17.7 Å². The van der Waals surface area contributed by atoms with Crippen LogP contribution < -0.4 is 10.6 Å². The van der Waals surface area contributed by atoms with E-state index in [1.54, 1.807) is 6.92 Å². The Morgan fingerprint density at radius 1 is 1.12 bits per heavy atom. The van der Waals surface area contributed by atoms with E-state index in [0.29, 0.717) is 29.7 Å². The largest absolute Gasteiger partial charge is 0.354 e. The molecule has 172 valence electrons. The van der Waals surface area contributed by atoms with Crippen LogP contribution in [-0.4, -0.2) is 28.6 Å². The Balaban J connectivity index is 1.77. The predicted octanol–water partition coefficient (Wildman–Crippen LogP) is 4.64. The Kier molecular flexibility index (Phi) is 7.22. The summed E-state index contributed by atoms with van der Waals surface area (Å²) in [5, 5.41) is 5.94. The van der Waals surface area contributed by atoms with E-state index in [1.807, 2.05) is 37.3 Å². The zero-order valence-corrected chi connectivity index (χ0v) is 19.8. The maximum absolute atomic E-state index is 13.2. The van der Waals surface area contributed by atoms with Crippen LogP contribution in [0.25, 0.3) is 0 Å². The summed E-state index contributed by atoms with van der Waals surface area (Å²) in [4.78, 5) is 42.0. The highest BCUT2D eigenvalue weighted by Gasteiger charge is 2.35. The fraction of sp³-hybridized carbons (Fsp3) is 0.500. The van der Waals surface area contributed by atoms with Crippen molar-refractivity contribution in [3.8, 4) is 0 Å². The molecule has 6 nitrogen and oxygen atoms in total. The molecule has 0 fully saturated rings. The second-order valence-corrected chi connectivity index (χ2v) is 9.73. The smallest absolute Gasteiger partial charge is 0.268 e. The second kappa shape index (κ2) is 9.72. The minimum absolute atomic E-state index is 0.0704. The molecule has 2 amide bonds. The van der Waals surface area contributed by atoms with Crippen LogP contribution in [0.3, 0.4) is 0 Å². The number of aromatic nitrogens is 1. The average Bonchev–Trinajstić information content (AvgIpc) is 3.06. The van der Waals surface area contributed by atoms with Crippen molar-refractivity contribution in [3.05, 3.63) is 58.4 Å². The van der Waals surface area contributed by atoms with Crippen LogP contribution in [0.15, 0.2) is 30.3 Å². The van der Waals surface area contributed by atoms with E-state index in [9.17, 15) is 14.4 Å². The number of nitrogens with one attached hydrogen (secondary N) is 3. The minimum Gasteiger partial charge on any atom is -0.354 e. The number of unbranched alkanes of at least 4 members (excludes halogenated alkanes) is 1. The number of hydrogen-bond donors (Lipinski definition) is 3. The number of rotatable bonds is 8. The molecule has 0 radical (unpaired) electrons. The Morgan fingerprint density at radius 3 is 2.47 bits per heavy atom. The number of ketones is 1. The van der Waals surface area contributed by atoms with Crippen LogP contribution >= 0.6 is 0 Å². The predicted molar refractivity (Wildman–Crippen MR) is 126 cm³/mol. The van der Waals surface area contributed by atoms with Gasteiger partial charge in [0.25, 0.3) is 5.91 Å². The van der Waals surface area contributed by atoms with Crippen molar-refractivity contribution in [2.24, 2.45) is 5.41 Å². The molecule has 6 heteroatoms. The average molecular weight is 438 g/mol. The number of Topliss-reactive ketones (excluding diaryl/α,β-unsaturated/α-hetero) is 1. The van der Waals surface area contributed by atoms with Gasteiger partial charge in [-0.2, -0.15) is 0 Å². The fourth-order valence-corrected chi connectivity index (χ4v) is 4.51. The summed E-state index contributed by atoms with van der Waals surface area (Å²) < 4.78 is 0. The SMILES string of the molecule is CCCC[C@@H](NC(=O)c1[nH]c2c(c1C)C(=O)CC(C)(C)C2)C(=O)N[C@@H](C)c1ccccc1. The molecule has 2 atom stereocenters. The normalized spacial score (nSPS) is 16.7. The molecule has 0 aliphatic heterocycles. The highest BCUT2D eigenvalue weighted by atomic mass is 16.2. The molecule has 1 aromatic heterocycles. The molecule has 1 heterocycles. The lowest BCUT2D eigenvalue weighted by Gasteiger charge is -2.28. The first-order valence-electron chi connectivity index (χ1n) is 11.5. The molecule has 0 spiro atoms. The Labute approximate surface area is 190 Å². The highest BCUT2D eigenvalue weighted by Crippen LogP contribution is 2.36. The van der Waals surface area contributed by atoms with Crippen molar-refractivity contribution in [3.63, 3.8) is 0 Å². The molecule has 32 heavy (non-hydrogen) atoms. The first-order valence-corrected chi connectivity index (χ1v) is 11.5. The zero-order valence-electron chi connectivity index (χ0n) is 19.8. The van der Waals surface area contributed by atoms with Crippen LogP contribution in [0.4, 0.5) is 0 Å². The first-order chi connectivity index (χ1) is 15.1. The van der Waals surface area contributed by atoms with Gasteiger partial charge in [0.2, 0.25) is 5.91 Å². The van der Waals surface area contributed by atoms with Crippen molar-refractivity contribution in [1.29, 1.82) is 0 Å². The summed E-state index contributed by atoms with van der Waals surface area (Å²) in [5.74, 6) is -0.471. The summed E-state index contributed by atoms with van der Waals surface area (Å²) in [6.07, 6.45) is 3.49. The fourth-order valence-electron chi connectivity index (χ4n) is 4.51. The van der Waals surface area contributed by atoms with Crippen molar-refractivity contribution in [2.75, 3.05) is 0 Å². The van der Waals surface area contributed by atoms with Crippen molar-refractivity contribution >= 4 is 17.6 Å². The molecule has 3 N–H and O–H groups in total. The first kappa shape index (κ1) is 23.8. The number of carbonyl (C=O) groups is 3. The van der Waals surface area contributed by atoms with Gasteiger partial charge < -0.3 is 15.6 Å². The lowest BCUT2D eigenvalue weighted by molar-refractivity contribution is -0.123. The number of fused-ring (bicyclic) bond motifs is 1. The van der Waals surface area contributed by atoms with Gasteiger partial charge in [0.1, 0.15) is 11.7 Å². The maximum Gasteiger partial charge on any atom is 0.268 e. The van der Waals surface area contributed by atoms with Gasteiger partial charge in [0.15, 0.2) is 5.78 Å². The Morgan fingerprint density at radius 2 is 1.81 bits per heavy atom. The second-order valence-electron chi connectivity index (χ2n) is 9.73. The zero-order chi connectivity index (χ0) is 23.5. The van der Waals surface area contributed by atoms with Crippen LogP contribution in [0.2, 0.25) is 0 Å². The lowest BCUT2D eigenvalue weighted by atomic mass is 9.75. The topological polar surface area (TPSA) is 91.1 Å². The Bertz CT molecular complexity index is 991. The lowest BCUT2D eigenvalue weighted by Crippen LogP contribution is -2.47. The summed E-state index contributed by atoms with van der Waals surface area (Å²) in [7, 11) is 0. The van der Waals surface area contributed by atoms with Crippen molar-refractivity contribution in [2.45, 2.75) is 78.8 Å². The van der Waals surface area contributed by atoms with Crippen LogP contribution in [0, 0.1) is 12.3 Å². The summed E-state index contributed by atoms with van der Waals surface area (Å²) in [6, 6.07) is 8.95. The van der Waals surface area contributed by atoms with Gasteiger partial charge in [-0.05, 0) is 43.2 Å². The summed E-state index contributed by atoms with van der Waals surface area (Å²) >= 11 is 0. The molecule has 1 aliphatic carbocycles. The van der Waals surface area contributed by atoms with E-state index in [0.717, 1.165) is 30.5 Å². The number of H-pyrrole nitrogens is 1. The molecular formula is C26H35N3O3. The third kappa shape index (κ3) is 5.29. The Hall–Kier alpha value is -2.89. The number of carbonyl (C=O) groups excluding carboxylic acids is 3. The van der Waals surface area contributed by atoms with E-state index in [1.165, 1.54) is 0 Å². The monoisotopic (exact) mass is 437 g/mol. The molecule has 2 aromatic rings. The number of hydrogen-bond acceptors (Lipinski definition) is 3. The van der Waals surface area contributed by atoms with Crippen molar-refractivity contribution < 1.29 is 14.4 Å². The van der Waals surface area contributed by atoms with E-state index in [4.69, 9.17) is 0 Å². The molecule has 0 unspecified atom stereocenters. The third-order valence-electron chi connectivity index (χ3n) is 6.25. The minimum atomic E-state index is -0.638. The van der Waals surface area contributed by atoms with Crippen LogP contribution in [-0.2, 0) is 11.2 Å². The van der Waals surface area contributed by atoms with E-state index >= 15 is 0 Å². The molecule has 3 rings (SSSR count). The van der Waals surface area contributed by atoms with Crippen LogP contribution in [0.5, 0.6) is 0 Å². The molecule has 1 aliphatic rings. The third-order valence-corrected chi connectivity index (χ3v) is 6.25. The summed E-state index contributed by atoms with van der Waals surface area (Å²) in [6.45, 7) is 9.91. The highest BCUT2D eigenvalue weighted by molar-refractivity contribution is 6.05. The molecule has 1 aromatic carbocycles. The van der Waals surface area contributed by atoms with Crippen molar-refractivity contribution in [1.82, 2.24) is 15.6 Å². The number of amides is 2. The molecule has 0 saturated heterocycles. The van der Waals surface area contributed by atoms with E-state index < -0.39 is 6.04 Å². The van der Waals surface area contributed by atoms with Gasteiger partial charge in [-0.1, -0.05) is 63.9 Å².